The van der Waals surface area contributed by atoms with Crippen LogP contribution in [0.4, 0.5) is 0 Å². The third kappa shape index (κ3) is 2.10. The predicted octanol–water partition coefficient (Wildman–Crippen LogP) is 3.63. The average Bonchev–Trinajstić information content (AvgIpc) is 2.26. The molecule has 16 heavy (non-hydrogen) atoms. The average molecular weight is 214 g/mol. The van der Waals surface area contributed by atoms with Crippen molar-refractivity contribution in [1.82, 2.24) is 0 Å². The van der Waals surface area contributed by atoms with Gasteiger partial charge in [-0.3, -0.25) is 0 Å². The Morgan fingerprint density at radius 3 is 2.19 bits per heavy atom. The summed E-state index contributed by atoms with van der Waals surface area (Å²) in [5, 5.41) is 11.5. The molecule has 84 valence electrons. The molecule has 0 fully saturated rings. The molecule has 2 aromatic rings. The summed E-state index contributed by atoms with van der Waals surface area (Å²) < 4.78 is 0. The van der Waals surface area contributed by atoms with E-state index in [0.29, 0.717) is 0 Å². The van der Waals surface area contributed by atoms with Gasteiger partial charge in [-0.1, -0.05) is 51.1 Å². The van der Waals surface area contributed by atoms with Crippen LogP contribution < -0.4 is 0 Å². The Bertz CT molecular complexity index is 506. The minimum absolute atomic E-state index is 0.108. The molecule has 0 atom stereocenters. The highest BCUT2D eigenvalue weighted by atomic mass is 16.3. The van der Waals surface area contributed by atoms with Crippen molar-refractivity contribution < 1.29 is 5.11 Å². The second-order valence-corrected chi connectivity index (χ2v) is 5.30. The fraction of sp³-hybridized carbons (Fsp3) is 0.333. The SMILES string of the molecule is CC(C)(C)c1ccc2cc(CO)ccc2c1. The van der Waals surface area contributed by atoms with Crippen molar-refractivity contribution in [3.8, 4) is 0 Å². The molecule has 0 radical (unpaired) electrons. The second kappa shape index (κ2) is 3.91. The second-order valence-electron chi connectivity index (χ2n) is 5.30. The Balaban J connectivity index is 2.56. The summed E-state index contributed by atoms with van der Waals surface area (Å²) in [6.45, 7) is 6.76. The highest BCUT2D eigenvalue weighted by molar-refractivity contribution is 5.84. The van der Waals surface area contributed by atoms with Crippen molar-refractivity contribution in [3.63, 3.8) is 0 Å². The minimum Gasteiger partial charge on any atom is -0.392 e. The predicted molar refractivity (Wildman–Crippen MR) is 68.6 cm³/mol. The minimum atomic E-state index is 0.108. The molecule has 0 bridgehead atoms. The Hall–Kier alpha value is -1.34. The van der Waals surface area contributed by atoms with Crippen molar-refractivity contribution in [3.05, 3.63) is 47.5 Å². The smallest absolute Gasteiger partial charge is 0.0682 e. The van der Waals surface area contributed by atoms with Gasteiger partial charge in [0.05, 0.1) is 6.61 Å². The van der Waals surface area contributed by atoms with Crippen LogP contribution >= 0.6 is 0 Å². The maximum absolute atomic E-state index is 9.08. The van der Waals surface area contributed by atoms with Crippen LogP contribution in [-0.4, -0.2) is 5.11 Å². The first-order valence-electron chi connectivity index (χ1n) is 5.65. The van der Waals surface area contributed by atoms with Crippen LogP contribution in [0.2, 0.25) is 0 Å². The first-order chi connectivity index (χ1) is 7.50. The van der Waals surface area contributed by atoms with Gasteiger partial charge in [-0.25, -0.2) is 0 Å². The first-order valence-corrected chi connectivity index (χ1v) is 5.65. The molecule has 0 aromatic heterocycles. The zero-order chi connectivity index (χ0) is 11.8. The molecule has 1 heteroatoms. The Morgan fingerprint density at radius 2 is 1.56 bits per heavy atom. The van der Waals surface area contributed by atoms with E-state index >= 15 is 0 Å². The van der Waals surface area contributed by atoms with E-state index in [4.69, 9.17) is 5.11 Å². The molecule has 1 nitrogen and oxygen atoms in total. The molecule has 0 aliphatic rings. The number of fused-ring (bicyclic) bond motifs is 1. The lowest BCUT2D eigenvalue weighted by atomic mass is 9.86. The summed E-state index contributed by atoms with van der Waals surface area (Å²) in [5.41, 5.74) is 2.50. The van der Waals surface area contributed by atoms with Gasteiger partial charge in [0.1, 0.15) is 0 Å². The molecule has 2 rings (SSSR count). The number of aliphatic hydroxyl groups excluding tert-OH is 1. The van der Waals surface area contributed by atoms with E-state index in [1.807, 2.05) is 12.1 Å². The van der Waals surface area contributed by atoms with Gasteiger partial charge in [-0.05, 0) is 33.4 Å². The summed E-state index contributed by atoms with van der Waals surface area (Å²) >= 11 is 0. The number of benzene rings is 2. The van der Waals surface area contributed by atoms with E-state index in [-0.39, 0.29) is 12.0 Å². The number of rotatable bonds is 1. The maximum Gasteiger partial charge on any atom is 0.0682 e. The highest BCUT2D eigenvalue weighted by Crippen LogP contribution is 2.26. The third-order valence-electron chi connectivity index (χ3n) is 2.95. The van der Waals surface area contributed by atoms with Crippen LogP contribution in [0.5, 0.6) is 0 Å². The van der Waals surface area contributed by atoms with Gasteiger partial charge in [0.2, 0.25) is 0 Å². The van der Waals surface area contributed by atoms with Crippen LogP contribution in [0.3, 0.4) is 0 Å². The molecule has 2 aromatic carbocycles. The molecule has 0 saturated carbocycles. The summed E-state index contributed by atoms with van der Waals surface area (Å²) in [6.07, 6.45) is 0. The van der Waals surface area contributed by atoms with Crippen LogP contribution in [0.25, 0.3) is 10.8 Å². The molecule has 0 aliphatic heterocycles. The quantitative estimate of drug-likeness (QED) is 0.768. The molecule has 1 N–H and O–H groups in total. The molecule has 0 spiro atoms. The van der Waals surface area contributed by atoms with Crippen molar-refractivity contribution in [1.29, 1.82) is 0 Å². The number of aliphatic hydroxyl groups is 1. The highest BCUT2D eigenvalue weighted by Gasteiger charge is 2.13. The fourth-order valence-corrected chi connectivity index (χ4v) is 1.86. The lowest BCUT2D eigenvalue weighted by molar-refractivity contribution is 0.282. The molecule has 0 heterocycles. The summed E-state index contributed by atoms with van der Waals surface area (Å²) in [4.78, 5) is 0. The molecular formula is C15H18O. The number of hydrogen-bond donors (Lipinski definition) is 1. The van der Waals surface area contributed by atoms with Crippen molar-refractivity contribution in [2.24, 2.45) is 0 Å². The summed E-state index contributed by atoms with van der Waals surface area (Å²) in [6, 6.07) is 12.6. The molecule has 0 amide bonds. The van der Waals surface area contributed by atoms with Crippen molar-refractivity contribution in [2.75, 3.05) is 0 Å². The Morgan fingerprint density at radius 1 is 0.938 bits per heavy atom. The van der Waals surface area contributed by atoms with Gasteiger partial charge in [0.25, 0.3) is 0 Å². The topological polar surface area (TPSA) is 20.2 Å². The lowest BCUT2D eigenvalue weighted by Gasteiger charge is -2.19. The van der Waals surface area contributed by atoms with E-state index in [2.05, 4.69) is 45.0 Å². The van der Waals surface area contributed by atoms with Gasteiger partial charge >= 0.3 is 0 Å². The van der Waals surface area contributed by atoms with Crippen LogP contribution in [0.1, 0.15) is 31.9 Å². The van der Waals surface area contributed by atoms with E-state index in [0.717, 1.165) is 5.56 Å². The normalized spacial score (nSPS) is 12.0. The number of hydrogen-bond acceptors (Lipinski definition) is 1. The third-order valence-corrected chi connectivity index (χ3v) is 2.95. The van der Waals surface area contributed by atoms with E-state index < -0.39 is 0 Å². The van der Waals surface area contributed by atoms with E-state index in [1.54, 1.807) is 0 Å². The van der Waals surface area contributed by atoms with Gasteiger partial charge in [-0.15, -0.1) is 0 Å². The van der Waals surface area contributed by atoms with Gasteiger partial charge in [-0.2, -0.15) is 0 Å². The maximum atomic E-state index is 9.08. The van der Waals surface area contributed by atoms with Crippen molar-refractivity contribution >= 4 is 10.8 Å². The van der Waals surface area contributed by atoms with Crippen LogP contribution in [0.15, 0.2) is 36.4 Å². The zero-order valence-corrected chi connectivity index (χ0v) is 10.1. The molecular weight excluding hydrogens is 196 g/mol. The first kappa shape index (κ1) is 11.2. The lowest BCUT2D eigenvalue weighted by Crippen LogP contribution is -2.10. The Labute approximate surface area is 96.7 Å². The van der Waals surface area contributed by atoms with E-state index in [1.165, 1.54) is 16.3 Å². The van der Waals surface area contributed by atoms with Gasteiger partial charge in [0, 0.05) is 0 Å². The summed E-state index contributed by atoms with van der Waals surface area (Å²) in [7, 11) is 0. The van der Waals surface area contributed by atoms with Gasteiger partial charge < -0.3 is 5.11 Å². The Kier molecular flexibility index (Phi) is 2.73. The fourth-order valence-electron chi connectivity index (χ4n) is 1.86. The largest absolute Gasteiger partial charge is 0.392 e. The monoisotopic (exact) mass is 214 g/mol. The van der Waals surface area contributed by atoms with Crippen LogP contribution in [0, 0.1) is 0 Å². The standard InChI is InChI=1S/C15H18O/c1-15(2,3)14-7-6-12-8-11(10-16)4-5-13(12)9-14/h4-9,16H,10H2,1-3H3. The zero-order valence-electron chi connectivity index (χ0n) is 10.1. The molecule has 0 aliphatic carbocycles. The molecule has 0 saturated heterocycles. The van der Waals surface area contributed by atoms with Gasteiger partial charge in [0.15, 0.2) is 0 Å². The molecule has 0 unspecified atom stereocenters. The van der Waals surface area contributed by atoms with E-state index in [9.17, 15) is 0 Å². The van der Waals surface area contributed by atoms with Crippen LogP contribution in [-0.2, 0) is 12.0 Å². The summed E-state index contributed by atoms with van der Waals surface area (Å²) in [5.74, 6) is 0. The van der Waals surface area contributed by atoms with Crippen molar-refractivity contribution in [2.45, 2.75) is 32.8 Å².